The van der Waals surface area contributed by atoms with E-state index in [0.717, 1.165) is 24.5 Å². The summed E-state index contributed by atoms with van der Waals surface area (Å²) in [6.07, 6.45) is 3.31. The molecular formula is C10H13ClN2OS. The molecule has 2 rings (SSSR count). The quantitative estimate of drug-likeness (QED) is 0.812. The van der Waals surface area contributed by atoms with Gasteiger partial charge in [0.2, 0.25) is 5.91 Å². The van der Waals surface area contributed by atoms with Gasteiger partial charge in [-0.15, -0.1) is 22.9 Å². The van der Waals surface area contributed by atoms with Crippen LogP contribution < -0.4 is 5.32 Å². The number of halogens is 1. The molecule has 1 atom stereocenters. The van der Waals surface area contributed by atoms with Crippen LogP contribution in [0.15, 0.2) is 0 Å². The van der Waals surface area contributed by atoms with Crippen LogP contribution in [-0.2, 0) is 17.6 Å². The van der Waals surface area contributed by atoms with E-state index in [0.29, 0.717) is 5.13 Å². The molecule has 0 radical (unpaired) electrons. The zero-order valence-electron chi connectivity index (χ0n) is 8.55. The summed E-state index contributed by atoms with van der Waals surface area (Å²) in [5.41, 5.74) is 1.16. The van der Waals surface area contributed by atoms with Crippen molar-refractivity contribution < 1.29 is 4.79 Å². The van der Waals surface area contributed by atoms with Crippen LogP contribution in [0.3, 0.4) is 0 Å². The number of alkyl halides is 1. The topological polar surface area (TPSA) is 42.0 Å². The average Bonchev–Trinajstić information content (AvgIpc) is 2.59. The van der Waals surface area contributed by atoms with Gasteiger partial charge in [0.25, 0.3) is 0 Å². The maximum atomic E-state index is 11.1. The molecule has 1 aromatic rings. The minimum atomic E-state index is -0.184. The largest absolute Gasteiger partial charge is 0.301 e. The fraction of sp³-hybridized carbons (Fsp3) is 0.600. The third kappa shape index (κ3) is 2.49. The number of fused-ring (bicyclic) bond motifs is 1. The molecule has 1 unspecified atom stereocenters. The highest BCUT2D eigenvalue weighted by Crippen LogP contribution is 2.31. The summed E-state index contributed by atoms with van der Waals surface area (Å²) < 4.78 is 0. The number of hydrogen-bond acceptors (Lipinski definition) is 3. The van der Waals surface area contributed by atoms with Gasteiger partial charge in [0.15, 0.2) is 5.13 Å². The molecule has 1 aliphatic carbocycles. The van der Waals surface area contributed by atoms with Gasteiger partial charge in [0, 0.05) is 4.88 Å². The van der Waals surface area contributed by atoms with Crippen molar-refractivity contribution in [2.24, 2.45) is 5.92 Å². The number of carbonyl (C=O) groups excluding carboxylic acids is 1. The van der Waals surface area contributed by atoms with Gasteiger partial charge in [-0.25, -0.2) is 4.98 Å². The average molecular weight is 245 g/mol. The van der Waals surface area contributed by atoms with E-state index in [9.17, 15) is 4.79 Å². The Labute approximate surface area is 97.9 Å². The van der Waals surface area contributed by atoms with E-state index in [1.807, 2.05) is 0 Å². The summed E-state index contributed by atoms with van der Waals surface area (Å²) >= 11 is 7.00. The van der Waals surface area contributed by atoms with Crippen LogP contribution in [0.5, 0.6) is 0 Å². The number of rotatable bonds is 2. The molecule has 1 aliphatic rings. The minimum absolute atomic E-state index is 0.0132. The molecule has 0 saturated heterocycles. The van der Waals surface area contributed by atoms with Gasteiger partial charge >= 0.3 is 0 Å². The Bertz CT molecular complexity index is 377. The summed E-state index contributed by atoms with van der Waals surface area (Å²) in [5, 5.41) is 3.39. The number of thiazole rings is 1. The highest BCUT2D eigenvalue weighted by atomic mass is 35.5. The van der Waals surface area contributed by atoms with Gasteiger partial charge < -0.3 is 5.32 Å². The molecule has 0 bridgehead atoms. The van der Waals surface area contributed by atoms with Crippen molar-refractivity contribution in [3.8, 4) is 0 Å². The lowest BCUT2D eigenvalue weighted by atomic mass is 9.93. The zero-order valence-corrected chi connectivity index (χ0v) is 10.1. The highest BCUT2D eigenvalue weighted by molar-refractivity contribution is 7.15. The van der Waals surface area contributed by atoms with Crippen LogP contribution in [0.25, 0.3) is 0 Å². The summed E-state index contributed by atoms with van der Waals surface area (Å²) in [6.45, 7) is 2.25. The number of aryl methyl sites for hydroxylation is 1. The van der Waals surface area contributed by atoms with E-state index in [4.69, 9.17) is 11.6 Å². The van der Waals surface area contributed by atoms with Gasteiger partial charge in [-0.05, 0) is 25.2 Å². The second-order valence-corrected chi connectivity index (χ2v) is 5.27. The van der Waals surface area contributed by atoms with Crippen molar-refractivity contribution in [3.63, 3.8) is 0 Å². The third-order valence-electron chi connectivity index (χ3n) is 2.55. The van der Waals surface area contributed by atoms with E-state index < -0.39 is 0 Å². The molecule has 1 aromatic heterocycles. The summed E-state index contributed by atoms with van der Waals surface area (Å²) in [7, 11) is 0. The van der Waals surface area contributed by atoms with Gasteiger partial charge in [-0.1, -0.05) is 6.92 Å². The number of carbonyl (C=O) groups is 1. The van der Waals surface area contributed by atoms with Crippen LogP contribution in [0.4, 0.5) is 5.13 Å². The maximum Gasteiger partial charge on any atom is 0.241 e. The monoisotopic (exact) mass is 244 g/mol. The van der Waals surface area contributed by atoms with Crippen molar-refractivity contribution in [2.75, 3.05) is 11.2 Å². The van der Waals surface area contributed by atoms with Crippen LogP contribution in [0.2, 0.25) is 0 Å². The van der Waals surface area contributed by atoms with Gasteiger partial charge in [0.05, 0.1) is 5.69 Å². The number of amides is 1. The van der Waals surface area contributed by atoms with Crippen LogP contribution in [0, 0.1) is 5.92 Å². The number of nitrogens with zero attached hydrogens (tertiary/aromatic N) is 1. The Kier molecular flexibility index (Phi) is 3.26. The van der Waals surface area contributed by atoms with Crippen molar-refractivity contribution in [1.29, 1.82) is 0 Å². The fourth-order valence-electron chi connectivity index (χ4n) is 1.75. The minimum Gasteiger partial charge on any atom is -0.301 e. The molecule has 1 N–H and O–H groups in total. The molecule has 0 fully saturated rings. The second kappa shape index (κ2) is 4.49. The summed E-state index contributed by atoms with van der Waals surface area (Å²) in [6, 6.07) is 0. The lowest BCUT2D eigenvalue weighted by Crippen LogP contribution is -2.12. The van der Waals surface area contributed by atoms with Crippen molar-refractivity contribution in [2.45, 2.75) is 26.2 Å². The van der Waals surface area contributed by atoms with E-state index >= 15 is 0 Å². The lowest BCUT2D eigenvalue weighted by molar-refractivity contribution is -0.113. The van der Waals surface area contributed by atoms with Gasteiger partial charge in [0.1, 0.15) is 5.88 Å². The maximum absolute atomic E-state index is 11.1. The first-order valence-corrected chi connectivity index (χ1v) is 6.38. The number of hydrogen-bond donors (Lipinski definition) is 1. The van der Waals surface area contributed by atoms with Gasteiger partial charge in [-0.3, -0.25) is 4.79 Å². The molecule has 1 amide bonds. The predicted octanol–water partition coefficient (Wildman–Crippen LogP) is 2.45. The van der Waals surface area contributed by atoms with Gasteiger partial charge in [-0.2, -0.15) is 0 Å². The Morgan fingerprint density at radius 2 is 2.53 bits per heavy atom. The van der Waals surface area contributed by atoms with Crippen molar-refractivity contribution >= 4 is 34.0 Å². The molecule has 0 aromatic carbocycles. The van der Waals surface area contributed by atoms with E-state index in [1.54, 1.807) is 11.3 Å². The molecular weight excluding hydrogens is 232 g/mol. The van der Waals surface area contributed by atoms with E-state index in [1.165, 1.54) is 11.3 Å². The normalized spacial score (nSPS) is 19.7. The fourth-order valence-corrected chi connectivity index (χ4v) is 3.00. The van der Waals surface area contributed by atoms with Crippen LogP contribution >= 0.6 is 22.9 Å². The zero-order chi connectivity index (χ0) is 10.8. The van der Waals surface area contributed by atoms with Crippen molar-refractivity contribution in [1.82, 2.24) is 4.98 Å². The molecule has 0 saturated carbocycles. The summed E-state index contributed by atoms with van der Waals surface area (Å²) in [5.74, 6) is 0.533. The molecule has 82 valence electrons. The Hall–Kier alpha value is -0.610. The number of nitrogens with one attached hydrogen (secondary N) is 1. The van der Waals surface area contributed by atoms with Crippen LogP contribution in [0.1, 0.15) is 23.9 Å². The lowest BCUT2D eigenvalue weighted by Gasteiger charge is -2.15. The standard InChI is InChI=1S/C10H13ClN2OS/c1-6-2-3-7-8(4-6)15-10(12-7)13-9(14)5-11/h6H,2-5H2,1H3,(H,12,13,14). The van der Waals surface area contributed by atoms with E-state index in [-0.39, 0.29) is 11.8 Å². The number of aromatic nitrogens is 1. The van der Waals surface area contributed by atoms with Crippen LogP contribution in [-0.4, -0.2) is 16.8 Å². The Balaban J connectivity index is 2.12. The smallest absolute Gasteiger partial charge is 0.241 e. The summed E-state index contributed by atoms with van der Waals surface area (Å²) in [4.78, 5) is 16.8. The number of anilines is 1. The molecule has 0 aliphatic heterocycles. The molecule has 0 spiro atoms. The Morgan fingerprint density at radius 1 is 1.73 bits per heavy atom. The van der Waals surface area contributed by atoms with Crippen molar-refractivity contribution in [3.05, 3.63) is 10.6 Å². The third-order valence-corrected chi connectivity index (χ3v) is 3.83. The first kappa shape index (κ1) is 10.9. The first-order valence-electron chi connectivity index (χ1n) is 5.03. The Morgan fingerprint density at radius 3 is 3.27 bits per heavy atom. The molecule has 1 heterocycles. The molecule has 3 nitrogen and oxygen atoms in total. The predicted molar refractivity (Wildman–Crippen MR) is 62.7 cm³/mol. The highest BCUT2D eigenvalue weighted by Gasteiger charge is 2.20. The van der Waals surface area contributed by atoms with E-state index in [2.05, 4.69) is 17.2 Å². The SMILES string of the molecule is CC1CCc2nc(NC(=O)CCl)sc2C1. The first-order chi connectivity index (χ1) is 7.19. The molecule has 15 heavy (non-hydrogen) atoms. The second-order valence-electron chi connectivity index (χ2n) is 3.92. The molecule has 5 heteroatoms.